The maximum Gasteiger partial charge on any atom is 0.118 e. The summed E-state index contributed by atoms with van der Waals surface area (Å²) in [5.41, 5.74) is 5.25. The first-order valence-corrected chi connectivity index (χ1v) is 3.75. The van der Waals surface area contributed by atoms with Crippen LogP contribution in [0.15, 0.2) is 0 Å². The van der Waals surface area contributed by atoms with Crippen molar-refractivity contribution in [1.82, 2.24) is 0 Å². The van der Waals surface area contributed by atoms with E-state index < -0.39 is 4.33 Å². The van der Waals surface area contributed by atoms with Gasteiger partial charge in [0.05, 0.1) is 0 Å². The van der Waals surface area contributed by atoms with Gasteiger partial charge in [-0.1, -0.05) is 0 Å². The molecule has 0 saturated heterocycles. The monoisotopic (exact) mass is 168 g/mol. The van der Waals surface area contributed by atoms with Crippen LogP contribution in [0.5, 0.6) is 0 Å². The molecule has 2 N–H and O–H groups in total. The van der Waals surface area contributed by atoms with Crippen molar-refractivity contribution >= 4 is 23.2 Å². The number of unbranched alkanes of at least 4 members (excludes halogenated alkanes) is 1. The van der Waals surface area contributed by atoms with Gasteiger partial charge >= 0.3 is 0 Å². The fourth-order valence-electron chi connectivity index (χ4n) is 0.528. The summed E-state index contributed by atoms with van der Waals surface area (Å²) < 4.78 is -0.810. The largest absolute Gasteiger partial charge is 0.330 e. The lowest BCUT2D eigenvalue weighted by Crippen LogP contribution is -2.07. The Hall–Kier alpha value is 0.540. The Morgan fingerprint density at radius 2 is 1.89 bits per heavy atom. The van der Waals surface area contributed by atoms with Gasteiger partial charge in [0.1, 0.15) is 4.33 Å². The van der Waals surface area contributed by atoms with Gasteiger partial charge in [-0.25, -0.2) is 0 Å². The highest BCUT2D eigenvalue weighted by atomic mass is 35.5. The summed E-state index contributed by atoms with van der Waals surface area (Å²) in [4.78, 5) is 0. The van der Waals surface area contributed by atoms with Crippen molar-refractivity contribution in [3.63, 3.8) is 0 Å². The molecule has 9 heavy (non-hydrogen) atoms. The number of hydrogen-bond acceptors (Lipinski definition) is 1. The molecule has 0 aromatic rings. The highest BCUT2D eigenvalue weighted by molar-refractivity contribution is 6.48. The van der Waals surface area contributed by atoms with Crippen molar-refractivity contribution < 1.29 is 0 Å². The van der Waals surface area contributed by atoms with Gasteiger partial charge in [-0.3, -0.25) is 0 Å². The minimum Gasteiger partial charge on any atom is -0.330 e. The van der Waals surface area contributed by atoms with Crippen LogP contribution in [-0.4, -0.2) is 10.9 Å². The molecule has 0 atom stereocenters. The molecule has 0 fully saturated rings. The predicted molar refractivity (Wildman–Crippen MR) is 42.7 cm³/mol. The van der Waals surface area contributed by atoms with Crippen LogP contribution in [0.2, 0.25) is 0 Å². The van der Waals surface area contributed by atoms with Crippen LogP contribution in [0.25, 0.3) is 0 Å². The molecular weight excluding hydrogens is 157 g/mol. The highest BCUT2D eigenvalue weighted by Crippen LogP contribution is 2.25. The lowest BCUT2D eigenvalue weighted by Gasteiger charge is -2.10. The molecule has 0 aliphatic heterocycles. The summed E-state index contributed by atoms with van der Waals surface area (Å²) >= 11 is 11.2. The second-order valence-electron chi connectivity index (χ2n) is 2.10. The topological polar surface area (TPSA) is 26.0 Å². The summed E-state index contributed by atoms with van der Waals surface area (Å²) in [6.45, 7) is 4.23. The van der Waals surface area contributed by atoms with Crippen LogP contribution in [0.3, 0.4) is 0 Å². The van der Waals surface area contributed by atoms with Crippen molar-refractivity contribution in [2.24, 2.45) is 5.73 Å². The van der Waals surface area contributed by atoms with Crippen LogP contribution < -0.4 is 5.73 Å². The number of hydrogen-bond donors (Lipinski definition) is 1. The first-order chi connectivity index (χ1) is 4.06. The van der Waals surface area contributed by atoms with E-state index in [1.807, 2.05) is 0 Å². The Morgan fingerprint density at radius 1 is 1.33 bits per heavy atom. The van der Waals surface area contributed by atoms with E-state index in [4.69, 9.17) is 28.9 Å². The van der Waals surface area contributed by atoms with E-state index in [0.717, 1.165) is 12.8 Å². The fraction of sp³-hybridized carbons (Fsp3) is 0.833. The smallest absolute Gasteiger partial charge is 0.118 e. The Kier molecular flexibility index (Phi) is 4.63. The van der Waals surface area contributed by atoms with Crippen molar-refractivity contribution in [2.45, 2.75) is 23.6 Å². The Bertz CT molecular complexity index is 67.9. The molecule has 3 heteroatoms. The van der Waals surface area contributed by atoms with E-state index in [1.54, 1.807) is 0 Å². The van der Waals surface area contributed by atoms with E-state index in [0.29, 0.717) is 13.0 Å². The summed E-state index contributed by atoms with van der Waals surface area (Å²) in [6, 6.07) is 0. The molecule has 0 aromatic carbocycles. The normalized spacial score (nSPS) is 12.0. The molecule has 0 unspecified atom stereocenters. The summed E-state index contributed by atoms with van der Waals surface area (Å²) in [5, 5.41) is 0. The van der Waals surface area contributed by atoms with Crippen LogP contribution in [-0.2, 0) is 0 Å². The van der Waals surface area contributed by atoms with Crippen molar-refractivity contribution in [2.75, 3.05) is 6.54 Å². The highest BCUT2D eigenvalue weighted by Gasteiger charge is 2.14. The third-order valence-electron chi connectivity index (χ3n) is 0.997. The number of alkyl halides is 2. The van der Waals surface area contributed by atoms with Gasteiger partial charge in [0.15, 0.2) is 0 Å². The standard InChI is InChI=1S/C6H12Cl2N/c1-6(7,8)4-2-3-5-9/h1-5,9H2. The Morgan fingerprint density at radius 3 is 2.22 bits per heavy atom. The number of rotatable bonds is 4. The molecule has 1 nitrogen and oxygen atoms in total. The van der Waals surface area contributed by atoms with Crippen LogP contribution >= 0.6 is 23.2 Å². The average Bonchev–Trinajstić information content (AvgIpc) is 1.63. The zero-order valence-electron chi connectivity index (χ0n) is 5.37. The molecule has 1 radical (unpaired) electrons. The first kappa shape index (κ1) is 9.54. The predicted octanol–water partition coefficient (Wildman–Crippen LogP) is 2.12. The van der Waals surface area contributed by atoms with Crippen LogP contribution in [0.1, 0.15) is 19.3 Å². The lowest BCUT2D eigenvalue weighted by atomic mass is 10.2. The van der Waals surface area contributed by atoms with Crippen molar-refractivity contribution in [1.29, 1.82) is 0 Å². The molecule has 0 amide bonds. The zero-order chi connectivity index (χ0) is 7.33. The van der Waals surface area contributed by atoms with Gasteiger partial charge in [-0.2, -0.15) is 0 Å². The molecule has 0 aliphatic carbocycles. The second-order valence-corrected chi connectivity index (χ2v) is 3.74. The van der Waals surface area contributed by atoms with Crippen LogP contribution in [0, 0.1) is 6.92 Å². The van der Waals surface area contributed by atoms with Crippen molar-refractivity contribution in [3.8, 4) is 0 Å². The zero-order valence-corrected chi connectivity index (χ0v) is 6.88. The maximum absolute atomic E-state index is 5.58. The lowest BCUT2D eigenvalue weighted by molar-refractivity contribution is 0.674. The molecule has 0 saturated carbocycles. The van der Waals surface area contributed by atoms with E-state index in [-0.39, 0.29) is 0 Å². The quantitative estimate of drug-likeness (QED) is 0.506. The first-order valence-electron chi connectivity index (χ1n) is 2.99. The van der Waals surface area contributed by atoms with Crippen LogP contribution in [0.4, 0.5) is 0 Å². The Labute approximate surface area is 66.5 Å². The van der Waals surface area contributed by atoms with Gasteiger partial charge < -0.3 is 5.73 Å². The summed E-state index contributed by atoms with van der Waals surface area (Å²) in [5.74, 6) is 0. The van der Waals surface area contributed by atoms with Gasteiger partial charge in [-0.05, 0) is 32.7 Å². The van der Waals surface area contributed by atoms with Gasteiger partial charge in [0.25, 0.3) is 0 Å². The van der Waals surface area contributed by atoms with E-state index >= 15 is 0 Å². The van der Waals surface area contributed by atoms with Gasteiger partial charge in [0.2, 0.25) is 0 Å². The minimum atomic E-state index is -0.810. The Balaban J connectivity index is 3.07. The molecule has 0 aliphatic rings. The summed E-state index contributed by atoms with van der Waals surface area (Å²) in [6.07, 6.45) is 2.64. The van der Waals surface area contributed by atoms with Gasteiger partial charge in [-0.15, -0.1) is 23.2 Å². The SMILES string of the molecule is [CH2]C(Cl)(Cl)CCCCN. The third kappa shape index (κ3) is 8.54. The second kappa shape index (κ2) is 4.37. The minimum absolute atomic E-state index is 0.698. The third-order valence-corrected chi connectivity index (χ3v) is 1.37. The van der Waals surface area contributed by atoms with E-state index in [9.17, 15) is 0 Å². The molecule has 0 bridgehead atoms. The van der Waals surface area contributed by atoms with Crippen molar-refractivity contribution in [3.05, 3.63) is 6.92 Å². The van der Waals surface area contributed by atoms with Gasteiger partial charge in [0, 0.05) is 0 Å². The fourth-order valence-corrected chi connectivity index (χ4v) is 0.795. The molecule has 0 rings (SSSR count). The average molecular weight is 169 g/mol. The summed E-state index contributed by atoms with van der Waals surface area (Å²) in [7, 11) is 0. The maximum atomic E-state index is 5.58. The molecule has 0 aromatic heterocycles. The number of halogens is 2. The number of nitrogens with two attached hydrogens (primary N) is 1. The van der Waals surface area contributed by atoms with E-state index in [2.05, 4.69) is 6.92 Å². The van der Waals surface area contributed by atoms with E-state index in [1.165, 1.54) is 0 Å². The molecule has 55 valence electrons. The molecule has 0 heterocycles. The molecular formula is C6H12Cl2N. The molecule has 0 spiro atoms.